The predicted octanol–water partition coefficient (Wildman–Crippen LogP) is 3.03. The highest BCUT2D eigenvalue weighted by Crippen LogP contribution is 2.24. The highest BCUT2D eigenvalue weighted by Gasteiger charge is 2.19. The summed E-state index contributed by atoms with van der Waals surface area (Å²) >= 11 is 0. The maximum absolute atomic E-state index is 12.1. The van der Waals surface area contributed by atoms with Gasteiger partial charge in [-0.1, -0.05) is 25.7 Å². The Morgan fingerprint density at radius 2 is 1.94 bits per heavy atom. The van der Waals surface area contributed by atoms with Crippen molar-refractivity contribution in [3.8, 4) is 0 Å². The van der Waals surface area contributed by atoms with Crippen molar-refractivity contribution in [1.29, 1.82) is 0 Å². The van der Waals surface area contributed by atoms with E-state index in [1.165, 1.54) is 25.7 Å². The van der Waals surface area contributed by atoms with Gasteiger partial charge in [-0.05, 0) is 25.0 Å². The molecule has 0 atom stereocenters. The SMILES string of the molecule is CNc1ccc(NC(=O)C2CCCCCC2)cn1. The van der Waals surface area contributed by atoms with Crippen molar-refractivity contribution in [1.82, 2.24) is 4.98 Å². The zero-order valence-electron chi connectivity index (χ0n) is 10.9. The highest BCUT2D eigenvalue weighted by atomic mass is 16.1. The summed E-state index contributed by atoms with van der Waals surface area (Å²) in [5.74, 6) is 1.13. The quantitative estimate of drug-likeness (QED) is 0.807. The van der Waals surface area contributed by atoms with Gasteiger partial charge in [0.25, 0.3) is 0 Å². The molecule has 0 radical (unpaired) electrons. The van der Waals surface area contributed by atoms with E-state index >= 15 is 0 Å². The van der Waals surface area contributed by atoms with E-state index in [0.717, 1.165) is 24.3 Å². The van der Waals surface area contributed by atoms with Crippen LogP contribution in [0.1, 0.15) is 38.5 Å². The first-order chi connectivity index (χ1) is 8.79. The smallest absolute Gasteiger partial charge is 0.227 e. The van der Waals surface area contributed by atoms with E-state index in [-0.39, 0.29) is 11.8 Å². The predicted molar refractivity (Wildman–Crippen MR) is 73.6 cm³/mol. The molecule has 4 nitrogen and oxygen atoms in total. The Labute approximate surface area is 108 Å². The van der Waals surface area contributed by atoms with Crippen LogP contribution in [0.25, 0.3) is 0 Å². The maximum Gasteiger partial charge on any atom is 0.227 e. The van der Waals surface area contributed by atoms with Gasteiger partial charge in [-0.3, -0.25) is 4.79 Å². The number of pyridine rings is 1. The van der Waals surface area contributed by atoms with Crippen LogP contribution < -0.4 is 10.6 Å². The molecule has 1 aromatic heterocycles. The second kappa shape index (κ2) is 6.38. The van der Waals surface area contributed by atoms with Crippen molar-refractivity contribution >= 4 is 17.4 Å². The van der Waals surface area contributed by atoms with Gasteiger partial charge in [0.1, 0.15) is 5.82 Å². The fourth-order valence-electron chi connectivity index (χ4n) is 2.40. The fourth-order valence-corrected chi connectivity index (χ4v) is 2.40. The van der Waals surface area contributed by atoms with Crippen molar-refractivity contribution in [2.24, 2.45) is 5.92 Å². The summed E-state index contributed by atoms with van der Waals surface area (Å²) in [4.78, 5) is 16.3. The number of rotatable bonds is 3. The molecular formula is C14H21N3O. The van der Waals surface area contributed by atoms with Crippen molar-refractivity contribution in [3.05, 3.63) is 18.3 Å². The third-order valence-corrected chi connectivity index (χ3v) is 3.51. The lowest BCUT2D eigenvalue weighted by Crippen LogP contribution is -2.22. The molecule has 0 aliphatic heterocycles. The van der Waals surface area contributed by atoms with Crippen LogP contribution in [0.2, 0.25) is 0 Å². The number of aromatic nitrogens is 1. The summed E-state index contributed by atoms with van der Waals surface area (Å²) in [7, 11) is 1.83. The van der Waals surface area contributed by atoms with E-state index in [1.54, 1.807) is 6.20 Å². The first kappa shape index (κ1) is 12.9. The molecule has 1 heterocycles. The average Bonchev–Trinajstić information content (AvgIpc) is 2.68. The number of hydrogen-bond acceptors (Lipinski definition) is 3. The molecule has 0 aromatic carbocycles. The molecule has 0 spiro atoms. The average molecular weight is 247 g/mol. The lowest BCUT2D eigenvalue weighted by Gasteiger charge is -2.14. The number of amides is 1. The second-order valence-corrected chi connectivity index (χ2v) is 4.86. The number of anilines is 2. The molecule has 0 unspecified atom stereocenters. The molecule has 1 aromatic rings. The van der Waals surface area contributed by atoms with Crippen molar-refractivity contribution < 1.29 is 4.79 Å². The normalized spacial score (nSPS) is 16.9. The molecular weight excluding hydrogens is 226 g/mol. The minimum absolute atomic E-state index is 0.149. The van der Waals surface area contributed by atoms with Gasteiger partial charge in [0.2, 0.25) is 5.91 Å². The lowest BCUT2D eigenvalue weighted by molar-refractivity contribution is -0.120. The van der Waals surface area contributed by atoms with Gasteiger partial charge in [0.15, 0.2) is 0 Å². The lowest BCUT2D eigenvalue weighted by atomic mass is 9.99. The highest BCUT2D eigenvalue weighted by molar-refractivity contribution is 5.92. The Hall–Kier alpha value is -1.58. The summed E-state index contributed by atoms with van der Waals surface area (Å²) in [6, 6.07) is 3.75. The van der Waals surface area contributed by atoms with Crippen LogP contribution in [0.5, 0.6) is 0 Å². The molecule has 4 heteroatoms. The Balaban J connectivity index is 1.92. The molecule has 0 saturated heterocycles. The van der Waals surface area contributed by atoms with Gasteiger partial charge < -0.3 is 10.6 Å². The van der Waals surface area contributed by atoms with E-state index in [1.807, 2.05) is 19.2 Å². The molecule has 0 bridgehead atoms. The largest absolute Gasteiger partial charge is 0.373 e. The number of nitrogens with zero attached hydrogens (tertiary/aromatic N) is 1. The van der Waals surface area contributed by atoms with Gasteiger partial charge in [-0.25, -0.2) is 4.98 Å². The molecule has 1 aliphatic carbocycles. The molecule has 1 aliphatic rings. The molecule has 1 fully saturated rings. The van der Waals surface area contributed by atoms with Gasteiger partial charge in [0.05, 0.1) is 11.9 Å². The topological polar surface area (TPSA) is 54.0 Å². The fraction of sp³-hybridized carbons (Fsp3) is 0.571. The molecule has 2 rings (SSSR count). The molecule has 2 N–H and O–H groups in total. The standard InChI is InChI=1S/C14H21N3O/c1-15-13-9-8-12(10-16-13)17-14(18)11-6-4-2-3-5-7-11/h8-11H,2-7H2,1H3,(H,15,16)(H,17,18). The summed E-state index contributed by atoms with van der Waals surface area (Å²) in [6.07, 6.45) is 8.62. The first-order valence-electron chi connectivity index (χ1n) is 6.74. The van der Waals surface area contributed by atoms with Crippen molar-refractivity contribution in [2.45, 2.75) is 38.5 Å². The van der Waals surface area contributed by atoms with Gasteiger partial charge in [0, 0.05) is 13.0 Å². The summed E-state index contributed by atoms with van der Waals surface area (Å²) in [5, 5.41) is 5.92. The van der Waals surface area contributed by atoms with Gasteiger partial charge in [-0.2, -0.15) is 0 Å². The van der Waals surface area contributed by atoms with E-state index in [0.29, 0.717) is 0 Å². The zero-order chi connectivity index (χ0) is 12.8. The van der Waals surface area contributed by atoms with E-state index < -0.39 is 0 Å². The van der Waals surface area contributed by atoms with Crippen LogP contribution in [0.15, 0.2) is 18.3 Å². The molecule has 1 saturated carbocycles. The van der Waals surface area contributed by atoms with Crippen molar-refractivity contribution in [2.75, 3.05) is 17.7 Å². The van der Waals surface area contributed by atoms with Crippen LogP contribution in [-0.2, 0) is 4.79 Å². The number of nitrogens with one attached hydrogen (secondary N) is 2. The second-order valence-electron chi connectivity index (χ2n) is 4.86. The molecule has 18 heavy (non-hydrogen) atoms. The number of carbonyl (C=O) groups excluding carboxylic acids is 1. The summed E-state index contributed by atoms with van der Waals surface area (Å²) < 4.78 is 0. The number of carbonyl (C=O) groups is 1. The van der Waals surface area contributed by atoms with E-state index in [9.17, 15) is 4.79 Å². The minimum Gasteiger partial charge on any atom is -0.373 e. The monoisotopic (exact) mass is 247 g/mol. The number of hydrogen-bond donors (Lipinski definition) is 2. The molecule has 1 amide bonds. The Kier molecular flexibility index (Phi) is 4.56. The third-order valence-electron chi connectivity index (χ3n) is 3.51. The van der Waals surface area contributed by atoms with Crippen LogP contribution in [0.4, 0.5) is 11.5 Å². The van der Waals surface area contributed by atoms with Crippen LogP contribution in [0.3, 0.4) is 0 Å². The van der Waals surface area contributed by atoms with Gasteiger partial charge >= 0.3 is 0 Å². The Morgan fingerprint density at radius 3 is 2.50 bits per heavy atom. The van der Waals surface area contributed by atoms with Crippen LogP contribution in [-0.4, -0.2) is 17.9 Å². The Bertz CT molecular complexity index is 381. The van der Waals surface area contributed by atoms with Crippen molar-refractivity contribution in [3.63, 3.8) is 0 Å². The van der Waals surface area contributed by atoms with Gasteiger partial charge in [-0.15, -0.1) is 0 Å². The maximum atomic E-state index is 12.1. The van der Waals surface area contributed by atoms with E-state index in [2.05, 4.69) is 15.6 Å². The third kappa shape index (κ3) is 3.45. The minimum atomic E-state index is 0.149. The first-order valence-corrected chi connectivity index (χ1v) is 6.74. The summed E-state index contributed by atoms with van der Waals surface area (Å²) in [6.45, 7) is 0. The van der Waals surface area contributed by atoms with Crippen LogP contribution in [0, 0.1) is 5.92 Å². The van der Waals surface area contributed by atoms with Crippen LogP contribution >= 0.6 is 0 Å². The van der Waals surface area contributed by atoms with E-state index in [4.69, 9.17) is 0 Å². The summed E-state index contributed by atoms with van der Waals surface area (Å²) in [5.41, 5.74) is 0.781. The zero-order valence-corrected chi connectivity index (χ0v) is 10.9. The molecule has 98 valence electrons. The Morgan fingerprint density at radius 1 is 1.22 bits per heavy atom.